The molecule has 84 valence electrons. The fraction of sp³-hybridized carbons (Fsp3) is 0.400. The van der Waals surface area contributed by atoms with Crippen molar-refractivity contribution < 1.29 is 10.2 Å². The standard InChI is InChI=1S/C10H15ClN2O2/c11-12-9-2-1-3-10(8-9)13(4-6-14)5-7-15/h1-3,8,12,14-15H,4-7H2. The first-order valence-corrected chi connectivity index (χ1v) is 5.13. The Morgan fingerprint density at radius 1 is 1.20 bits per heavy atom. The number of hydrogen-bond donors (Lipinski definition) is 3. The summed E-state index contributed by atoms with van der Waals surface area (Å²) < 4.78 is 0. The summed E-state index contributed by atoms with van der Waals surface area (Å²) in [5.74, 6) is 0. The molecule has 5 heteroatoms. The molecule has 15 heavy (non-hydrogen) atoms. The molecule has 0 saturated heterocycles. The molecule has 0 saturated carbocycles. The van der Waals surface area contributed by atoms with Gasteiger partial charge in [-0.1, -0.05) is 6.07 Å². The summed E-state index contributed by atoms with van der Waals surface area (Å²) in [6.07, 6.45) is 0. The lowest BCUT2D eigenvalue weighted by Crippen LogP contribution is -2.29. The number of anilines is 2. The van der Waals surface area contributed by atoms with Gasteiger partial charge < -0.3 is 15.1 Å². The third-order valence-corrected chi connectivity index (χ3v) is 2.28. The number of benzene rings is 1. The van der Waals surface area contributed by atoms with E-state index >= 15 is 0 Å². The first-order chi connectivity index (χ1) is 7.31. The van der Waals surface area contributed by atoms with Crippen molar-refractivity contribution in [2.24, 2.45) is 0 Å². The lowest BCUT2D eigenvalue weighted by molar-refractivity contribution is 0.281. The van der Waals surface area contributed by atoms with Gasteiger partial charge in [0.15, 0.2) is 0 Å². The molecule has 0 radical (unpaired) electrons. The number of hydrogen-bond acceptors (Lipinski definition) is 4. The Morgan fingerprint density at radius 2 is 1.87 bits per heavy atom. The van der Waals surface area contributed by atoms with Gasteiger partial charge in [0, 0.05) is 30.6 Å². The molecule has 3 N–H and O–H groups in total. The van der Waals surface area contributed by atoms with Crippen LogP contribution in [0.1, 0.15) is 0 Å². The molecular weight excluding hydrogens is 216 g/mol. The highest BCUT2D eigenvalue weighted by atomic mass is 35.5. The SMILES string of the molecule is OCCN(CCO)c1cccc(NCl)c1. The van der Waals surface area contributed by atoms with E-state index in [-0.39, 0.29) is 13.2 Å². The highest BCUT2D eigenvalue weighted by molar-refractivity contribution is 6.24. The smallest absolute Gasteiger partial charge is 0.0606 e. The molecule has 0 spiro atoms. The van der Waals surface area contributed by atoms with Crippen LogP contribution in [-0.4, -0.2) is 36.5 Å². The van der Waals surface area contributed by atoms with Crippen molar-refractivity contribution in [3.63, 3.8) is 0 Å². The van der Waals surface area contributed by atoms with Crippen molar-refractivity contribution in [3.05, 3.63) is 24.3 Å². The largest absolute Gasteiger partial charge is 0.395 e. The van der Waals surface area contributed by atoms with Crippen LogP contribution in [0, 0.1) is 0 Å². The Labute approximate surface area is 94.2 Å². The summed E-state index contributed by atoms with van der Waals surface area (Å²) in [5, 5.41) is 17.8. The van der Waals surface area contributed by atoms with E-state index in [0.29, 0.717) is 13.1 Å². The molecule has 0 unspecified atom stereocenters. The minimum atomic E-state index is 0.0541. The number of aliphatic hydroxyl groups excluding tert-OH is 2. The lowest BCUT2D eigenvalue weighted by Gasteiger charge is -2.23. The molecular formula is C10H15ClN2O2. The first-order valence-electron chi connectivity index (χ1n) is 4.75. The highest BCUT2D eigenvalue weighted by Gasteiger charge is 2.05. The first kappa shape index (κ1) is 12.1. The van der Waals surface area contributed by atoms with Crippen LogP contribution in [0.2, 0.25) is 0 Å². The van der Waals surface area contributed by atoms with Crippen molar-refractivity contribution in [3.8, 4) is 0 Å². The van der Waals surface area contributed by atoms with Crippen LogP contribution in [0.5, 0.6) is 0 Å². The van der Waals surface area contributed by atoms with Gasteiger partial charge in [0.1, 0.15) is 0 Å². The average Bonchev–Trinajstić information content (AvgIpc) is 2.29. The normalized spacial score (nSPS) is 10.1. The number of aliphatic hydroxyl groups is 2. The van der Waals surface area contributed by atoms with Gasteiger partial charge in [-0.3, -0.25) is 4.84 Å². The van der Waals surface area contributed by atoms with Gasteiger partial charge in [0.2, 0.25) is 0 Å². The number of rotatable bonds is 6. The Balaban J connectivity index is 2.79. The molecule has 0 atom stereocenters. The van der Waals surface area contributed by atoms with Crippen LogP contribution < -0.4 is 9.74 Å². The molecule has 0 aromatic heterocycles. The van der Waals surface area contributed by atoms with Crippen molar-refractivity contribution in [1.29, 1.82) is 0 Å². The van der Waals surface area contributed by atoms with E-state index < -0.39 is 0 Å². The van der Waals surface area contributed by atoms with E-state index in [2.05, 4.69) is 4.84 Å². The summed E-state index contributed by atoms with van der Waals surface area (Å²) in [4.78, 5) is 4.41. The van der Waals surface area contributed by atoms with E-state index in [1.165, 1.54) is 0 Å². The minimum Gasteiger partial charge on any atom is -0.395 e. The van der Waals surface area contributed by atoms with Crippen molar-refractivity contribution >= 4 is 23.2 Å². The van der Waals surface area contributed by atoms with Crippen molar-refractivity contribution in [1.82, 2.24) is 0 Å². The summed E-state index contributed by atoms with van der Waals surface area (Å²) in [6.45, 7) is 1.09. The predicted octanol–water partition coefficient (Wildman–Crippen LogP) is 1.04. The minimum absolute atomic E-state index is 0.0541. The summed E-state index contributed by atoms with van der Waals surface area (Å²) in [5.41, 5.74) is 1.71. The van der Waals surface area contributed by atoms with Crippen molar-refractivity contribution in [2.75, 3.05) is 36.0 Å². The molecule has 4 nitrogen and oxygen atoms in total. The summed E-state index contributed by atoms with van der Waals surface area (Å²) in [7, 11) is 0. The van der Waals surface area contributed by atoms with Crippen LogP contribution in [0.4, 0.5) is 11.4 Å². The van der Waals surface area contributed by atoms with E-state index in [4.69, 9.17) is 22.0 Å². The number of nitrogens with zero attached hydrogens (tertiary/aromatic N) is 1. The van der Waals surface area contributed by atoms with E-state index in [1.54, 1.807) is 0 Å². The van der Waals surface area contributed by atoms with E-state index in [9.17, 15) is 0 Å². The Bertz CT molecular complexity index is 291. The Morgan fingerprint density at radius 3 is 2.40 bits per heavy atom. The fourth-order valence-corrected chi connectivity index (χ4v) is 1.49. The number of halogens is 1. The topological polar surface area (TPSA) is 55.7 Å². The molecule has 0 amide bonds. The quantitative estimate of drug-likeness (QED) is 0.640. The maximum atomic E-state index is 8.89. The van der Waals surface area contributed by atoms with Gasteiger partial charge >= 0.3 is 0 Å². The lowest BCUT2D eigenvalue weighted by atomic mass is 10.2. The molecule has 0 aliphatic carbocycles. The van der Waals surface area contributed by atoms with E-state index in [1.807, 2.05) is 29.2 Å². The second-order valence-electron chi connectivity index (χ2n) is 3.08. The third-order valence-electron chi connectivity index (χ3n) is 2.06. The maximum Gasteiger partial charge on any atom is 0.0606 e. The predicted molar refractivity (Wildman–Crippen MR) is 62.3 cm³/mol. The molecule has 0 bridgehead atoms. The van der Waals surface area contributed by atoms with Gasteiger partial charge in [0.25, 0.3) is 0 Å². The molecule has 0 aliphatic heterocycles. The second kappa shape index (κ2) is 6.50. The molecule has 1 aromatic rings. The van der Waals surface area contributed by atoms with Crippen LogP contribution in [0.3, 0.4) is 0 Å². The van der Waals surface area contributed by atoms with Gasteiger partial charge in [0.05, 0.1) is 18.9 Å². The zero-order valence-corrected chi connectivity index (χ0v) is 9.11. The molecule has 1 aromatic carbocycles. The van der Waals surface area contributed by atoms with Crippen LogP contribution in [0.25, 0.3) is 0 Å². The van der Waals surface area contributed by atoms with Crippen LogP contribution >= 0.6 is 11.8 Å². The Kier molecular flexibility index (Phi) is 5.25. The molecule has 0 heterocycles. The van der Waals surface area contributed by atoms with Gasteiger partial charge in [-0.05, 0) is 18.2 Å². The van der Waals surface area contributed by atoms with Crippen molar-refractivity contribution in [2.45, 2.75) is 0 Å². The third kappa shape index (κ3) is 3.58. The average molecular weight is 231 g/mol. The highest BCUT2D eigenvalue weighted by Crippen LogP contribution is 2.19. The van der Waals surface area contributed by atoms with Crippen LogP contribution in [0.15, 0.2) is 24.3 Å². The molecule has 1 rings (SSSR count). The zero-order valence-electron chi connectivity index (χ0n) is 8.36. The molecule has 0 fully saturated rings. The zero-order chi connectivity index (χ0) is 11.1. The Hall–Kier alpha value is -0.970. The number of nitrogens with one attached hydrogen (secondary N) is 1. The summed E-state index contributed by atoms with van der Waals surface area (Å²) >= 11 is 5.49. The van der Waals surface area contributed by atoms with Crippen LogP contribution in [-0.2, 0) is 0 Å². The van der Waals surface area contributed by atoms with Gasteiger partial charge in [-0.15, -0.1) is 0 Å². The molecule has 0 aliphatic rings. The monoisotopic (exact) mass is 230 g/mol. The van der Waals surface area contributed by atoms with E-state index in [0.717, 1.165) is 11.4 Å². The fourth-order valence-electron chi connectivity index (χ4n) is 1.37. The summed E-state index contributed by atoms with van der Waals surface area (Å²) in [6, 6.07) is 7.47. The maximum absolute atomic E-state index is 8.89. The second-order valence-corrected chi connectivity index (χ2v) is 3.27. The van der Waals surface area contributed by atoms with Gasteiger partial charge in [-0.2, -0.15) is 0 Å². The van der Waals surface area contributed by atoms with Gasteiger partial charge in [-0.25, -0.2) is 0 Å².